The van der Waals surface area contributed by atoms with Gasteiger partial charge in [-0.25, -0.2) is 0 Å². The maximum absolute atomic E-state index is 8.74. The van der Waals surface area contributed by atoms with E-state index in [0.717, 1.165) is 13.1 Å². The summed E-state index contributed by atoms with van der Waals surface area (Å²) < 4.78 is 0. The van der Waals surface area contributed by atoms with E-state index in [4.69, 9.17) is 10.2 Å². The van der Waals surface area contributed by atoms with Crippen LogP contribution in [-0.4, -0.2) is 48.1 Å². The minimum Gasteiger partial charge on any atom is -0.395 e. The molecule has 0 spiro atoms. The molecule has 13 heavy (non-hydrogen) atoms. The molecule has 4 N–H and O–H groups in total. The first kappa shape index (κ1) is 12.8. The van der Waals surface area contributed by atoms with Crippen LogP contribution in [0.1, 0.15) is 20.8 Å². The van der Waals surface area contributed by atoms with E-state index in [2.05, 4.69) is 31.4 Å². The first-order valence-electron chi connectivity index (χ1n) is 4.69. The number of aliphatic hydroxyl groups is 2. The predicted octanol–water partition coefficient (Wildman–Crippen LogP) is -0.683. The highest BCUT2D eigenvalue weighted by atomic mass is 16.3. The highest BCUT2D eigenvalue weighted by Crippen LogP contribution is 1.96. The van der Waals surface area contributed by atoms with Crippen LogP contribution in [0.5, 0.6) is 0 Å². The fourth-order valence-electron chi connectivity index (χ4n) is 0.901. The van der Waals surface area contributed by atoms with Crippen molar-refractivity contribution in [1.82, 2.24) is 10.6 Å². The van der Waals surface area contributed by atoms with Crippen LogP contribution < -0.4 is 10.6 Å². The smallest absolute Gasteiger partial charge is 0.0607 e. The summed E-state index contributed by atoms with van der Waals surface area (Å²) in [6.07, 6.45) is 0. The molecule has 0 heterocycles. The molecule has 4 nitrogen and oxygen atoms in total. The SMILES string of the molecule is CC(C)(C)NCCNC(CO)CO. The van der Waals surface area contributed by atoms with Gasteiger partial charge in [-0.05, 0) is 20.8 Å². The van der Waals surface area contributed by atoms with Crippen LogP contribution in [0, 0.1) is 0 Å². The van der Waals surface area contributed by atoms with Gasteiger partial charge in [0, 0.05) is 18.6 Å². The fourth-order valence-corrected chi connectivity index (χ4v) is 0.901. The molecule has 0 fully saturated rings. The molecule has 0 saturated carbocycles. The topological polar surface area (TPSA) is 64.5 Å². The normalized spacial score (nSPS) is 12.5. The Bertz CT molecular complexity index is 119. The van der Waals surface area contributed by atoms with Gasteiger partial charge in [0.25, 0.3) is 0 Å². The van der Waals surface area contributed by atoms with E-state index in [0.29, 0.717) is 0 Å². The van der Waals surface area contributed by atoms with Crippen molar-refractivity contribution in [1.29, 1.82) is 0 Å². The fraction of sp³-hybridized carbons (Fsp3) is 1.00. The van der Waals surface area contributed by atoms with Gasteiger partial charge in [-0.15, -0.1) is 0 Å². The average Bonchev–Trinajstić information content (AvgIpc) is 2.03. The van der Waals surface area contributed by atoms with Crippen LogP contribution in [0.2, 0.25) is 0 Å². The predicted molar refractivity (Wildman–Crippen MR) is 53.7 cm³/mol. The van der Waals surface area contributed by atoms with E-state index in [1.807, 2.05) is 0 Å². The highest BCUT2D eigenvalue weighted by Gasteiger charge is 2.08. The van der Waals surface area contributed by atoms with Gasteiger partial charge in [-0.1, -0.05) is 0 Å². The van der Waals surface area contributed by atoms with E-state index < -0.39 is 0 Å². The third-order valence-corrected chi connectivity index (χ3v) is 1.65. The van der Waals surface area contributed by atoms with Crippen molar-refractivity contribution < 1.29 is 10.2 Å². The number of hydrogen-bond donors (Lipinski definition) is 4. The summed E-state index contributed by atoms with van der Waals surface area (Å²) in [7, 11) is 0. The molecule has 0 radical (unpaired) electrons. The van der Waals surface area contributed by atoms with Crippen LogP contribution >= 0.6 is 0 Å². The molecule has 0 unspecified atom stereocenters. The monoisotopic (exact) mass is 190 g/mol. The number of nitrogens with one attached hydrogen (secondary N) is 2. The Labute approximate surface area is 80.3 Å². The Morgan fingerprint density at radius 3 is 2.00 bits per heavy atom. The molecule has 80 valence electrons. The Balaban J connectivity index is 3.34. The van der Waals surface area contributed by atoms with Crippen LogP contribution in [-0.2, 0) is 0 Å². The lowest BCUT2D eigenvalue weighted by Crippen LogP contribution is -2.44. The third-order valence-electron chi connectivity index (χ3n) is 1.65. The summed E-state index contributed by atoms with van der Waals surface area (Å²) in [5.74, 6) is 0. The molecule has 4 heteroatoms. The molecule has 0 rings (SSSR count). The molecule has 0 aromatic carbocycles. The zero-order valence-corrected chi connectivity index (χ0v) is 8.80. The Morgan fingerprint density at radius 2 is 1.62 bits per heavy atom. The largest absolute Gasteiger partial charge is 0.395 e. The van der Waals surface area contributed by atoms with Crippen molar-refractivity contribution >= 4 is 0 Å². The number of hydrogen-bond acceptors (Lipinski definition) is 4. The van der Waals surface area contributed by atoms with E-state index in [1.54, 1.807) is 0 Å². The lowest BCUT2D eigenvalue weighted by molar-refractivity contribution is 0.171. The quantitative estimate of drug-likeness (QED) is 0.419. The van der Waals surface area contributed by atoms with Crippen LogP contribution in [0.15, 0.2) is 0 Å². The molecule has 0 aromatic heterocycles. The Hall–Kier alpha value is -0.160. The maximum atomic E-state index is 8.74. The Morgan fingerprint density at radius 1 is 1.08 bits per heavy atom. The molecular formula is C9H22N2O2. The first-order valence-corrected chi connectivity index (χ1v) is 4.69. The van der Waals surface area contributed by atoms with Crippen molar-refractivity contribution in [2.24, 2.45) is 0 Å². The summed E-state index contributed by atoms with van der Waals surface area (Å²) in [5.41, 5.74) is 0.121. The van der Waals surface area contributed by atoms with E-state index in [-0.39, 0.29) is 24.8 Å². The zero-order chi connectivity index (χ0) is 10.3. The van der Waals surface area contributed by atoms with E-state index >= 15 is 0 Å². The van der Waals surface area contributed by atoms with Crippen LogP contribution in [0.4, 0.5) is 0 Å². The first-order chi connectivity index (χ1) is 5.99. The Kier molecular flexibility index (Phi) is 6.24. The molecule has 0 aromatic rings. The van der Waals surface area contributed by atoms with Gasteiger partial charge in [0.15, 0.2) is 0 Å². The van der Waals surface area contributed by atoms with Gasteiger partial charge in [-0.2, -0.15) is 0 Å². The van der Waals surface area contributed by atoms with Gasteiger partial charge in [0.1, 0.15) is 0 Å². The third kappa shape index (κ3) is 8.18. The molecule has 0 aliphatic rings. The van der Waals surface area contributed by atoms with Crippen molar-refractivity contribution in [3.63, 3.8) is 0 Å². The van der Waals surface area contributed by atoms with Crippen LogP contribution in [0.25, 0.3) is 0 Å². The van der Waals surface area contributed by atoms with Gasteiger partial charge in [0.2, 0.25) is 0 Å². The maximum Gasteiger partial charge on any atom is 0.0607 e. The summed E-state index contributed by atoms with van der Waals surface area (Å²) in [5, 5.41) is 23.8. The summed E-state index contributed by atoms with van der Waals surface area (Å²) in [4.78, 5) is 0. The average molecular weight is 190 g/mol. The number of rotatable bonds is 6. The molecule has 0 aliphatic carbocycles. The van der Waals surface area contributed by atoms with Gasteiger partial charge in [0.05, 0.1) is 19.3 Å². The lowest BCUT2D eigenvalue weighted by Gasteiger charge is -2.21. The van der Waals surface area contributed by atoms with E-state index in [1.165, 1.54) is 0 Å². The van der Waals surface area contributed by atoms with Gasteiger partial charge < -0.3 is 20.8 Å². The second kappa shape index (κ2) is 6.32. The zero-order valence-electron chi connectivity index (χ0n) is 8.80. The molecule has 0 aliphatic heterocycles. The second-order valence-corrected chi connectivity index (χ2v) is 4.19. The van der Waals surface area contributed by atoms with Crippen molar-refractivity contribution in [3.8, 4) is 0 Å². The van der Waals surface area contributed by atoms with E-state index in [9.17, 15) is 0 Å². The molecule has 0 atom stereocenters. The molecule has 0 bridgehead atoms. The van der Waals surface area contributed by atoms with Gasteiger partial charge >= 0.3 is 0 Å². The molecular weight excluding hydrogens is 168 g/mol. The minimum absolute atomic E-state index is 0.0218. The summed E-state index contributed by atoms with van der Waals surface area (Å²) in [6, 6.07) is -0.193. The highest BCUT2D eigenvalue weighted by molar-refractivity contribution is 4.71. The minimum atomic E-state index is -0.193. The lowest BCUT2D eigenvalue weighted by atomic mass is 10.1. The van der Waals surface area contributed by atoms with Crippen molar-refractivity contribution in [3.05, 3.63) is 0 Å². The van der Waals surface area contributed by atoms with Crippen molar-refractivity contribution in [2.45, 2.75) is 32.4 Å². The standard InChI is InChI=1S/C9H22N2O2/c1-9(2,3)11-5-4-10-8(6-12)7-13/h8,10-13H,4-7H2,1-3H3. The van der Waals surface area contributed by atoms with Crippen LogP contribution in [0.3, 0.4) is 0 Å². The molecule has 0 saturated heterocycles. The van der Waals surface area contributed by atoms with Crippen molar-refractivity contribution in [2.75, 3.05) is 26.3 Å². The number of aliphatic hydroxyl groups excluding tert-OH is 2. The summed E-state index contributed by atoms with van der Waals surface area (Å²) >= 11 is 0. The second-order valence-electron chi connectivity index (χ2n) is 4.19. The summed E-state index contributed by atoms with van der Waals surface area (Å²) in [6.45, 7) is 7.84. The molecule has 0 amide bonds. The van der Waals surface area contributed by atoms with Gasteiger partial charge in [-0.3, -0.25) is 0 Å².